The van der Waals surface area contributed by atoms with E-state index < -0.39 is 0 Å². The summed E-state index contributed by atoms with van der Waals surface area (Å²) in [5, 5.41) is 9.43. The van der Waals surface area contributed by atoms with Crippen molar-refractivity contribution in [2.75, 3.05) is 26.0 Å². The number of amides is 1. The van der Waals surface area contributed by atoms with Crippen LogP contribution in [-0.2, 0) is 14.3 Å². The predicted octanol–water partition coefficient (Wildman–Crippen LogP) is 3.64. The highest BCUT2D eigenvalue weighted by Crippen LogP contribution is 2.39. The van der Waals surface area contributed by atoms with E-state index in [0.717, 1.165) is 18.1 Å². The molecule has 1 rings (SSSR count). The fourth-order valence-electron chi connectivity index (χ4n) is 2.30. The van der Waals surface area contributed by atoms with E-state index in [1.54, 1.807) is 18.9 Å². The van der Waals surface area contributed by atoms with Gasteiger partial charge in [0.2, 0.25) is 5.91 Å². The van der Waals surface area contributed by atoms with Gasteiger partial charge in [0.05, 0.1) is 12.6 Å². The molecule has 0 radical (unpaired) electrons. The minimum atomic E-state index is -0.301. The quantitative estimate of drug-likeness (QED) is 0.313. The van der Waals surface area contributed by atoms with Crippen LogP contribution in [0.2, 0.25) is 0 Å². The molecule has 0 aromatic rings. The zero-order valence-electron chi connectivity index (χ0n) is 14.7. The van der Waals surface area contributed by atoms with E-state index in [2.05, 4.69) is 6.07 Å². The van der Waals surface area contributed by atoms with Crippen molar-refractivity contribution in [3.63, 3.8) is 0 Å². The summed E-state index contributed by atoms with van der Waals surface area (Å²) in [6.45, 7) is 2.43. The molecule has 0 spiro atoms. The zero-order chi connectivity index (χ0) is 17.8. The van der Waals surface area contributed by atoms with Crippen molar-refractivity contribution in [3.05, 3.63) is 0 Å². The minimum Gasteiger partial charge on any atom is -0.464 e. The van der Waals surface area contributed by atoms with Crippen molar-refractivity contribution in [3.8, 4) is 6.07 Å². The summed E-state index contributed by atoms with van der Waals surface area (Å²) < 4.78 is 5.10. The van der Waals surface area contributed by atoms with E-state index in [1.165, 1.54) is 18.6 Å². The molecule has 0 aromatic carbocycles. The van der Waals surface area contributed by atoms with Crippen LogP contribution in [0.5, 0.6) is 0 Å². The highest BCUT2D eigenvalue weighted by Gasteiger charge is 2.16. The van der Waals surface area contributed by atoms with Crippen LogP contribution in [-0.4, -0.2) is 48.0 Å². The molecule has 1 aliphatic heterocycles. The van der Waals surface area contributed by atoms with Gasteiger partial charge in [0, 0.05) is 36.8 Å². The Morgan fingerprint density at radius 2 is 2.17 bits per heavy atom. The third-order valence-electron chi connectivity index (χ3n) is 4.01. The van der Waals surface area contributed by atoms with Crippen LogP contribution in [0.3, 0.4) is 0 Å². The Labute approximate surface area is 153 Å². The van der Waals surface area contributed by atoms with Gasteiger partial charge in [-0.3, -0.25) is 9.59 Å². The van der Waals surface area contributed by atoms with E-state index in [0.29, 0.717) is 19.4 Å². The number of unbranched alkanes of at least 4 members (excludes halogenated alkanes) is 1. The molecule has 0 N–H and O–H groups in total. The fraction of sp³-hybridized carbons (Fsp3) is 0.824. The van der Waals surface area contributed by atoms with Crippen LogP contribution < -0.4 is 0 Å². The predicted molar refractivity (Wildman–Crippen MR) is 99.5 cm³/mol. The van der Waals surface area contributed by atoms with Crippen molar-refractivity contribution < 1.29 is 14.3 Å². The second kappa shape index (κ2) is 12.5. The van der Waals surface area contributed by atoms with E-state index in [1.807, 2.05) is 21.6 Å². The first kappa shape index (κ1) is 21.2. The Hall–Kier alpha value is -0.870. The van der Waals surface area contributed by atoms with Gasteiger partial charge in [-0.05, 0) is 32.6 Å². The van der Waals surface area contributed by atoms with Crippen molar-refractivity contribution in [1.82, 2.24) is 4.90 Å². The van der Waals surface area contributed by atoms with Crippen LogP contribution >= 0.6 is 21.6 Å². The average molecular weight is 373 g/mol. The maximum atomic E-state index is 12.0. The second-order valence-corrected chi connectivity index (χ2v) is 8.97. The number of hydrogen-bond acceptors (Lipinski definition) is 6. The number of likely N-dealkylation sites (N-methyl/N-ethyl adjacent to an activating group) is 1. The summed E-state index contributed by atoms with van der Waals surface area (Å²) in [5.41, 5.74) is 0. The van der Waals surface area contributed by atoms with Crippen molar-refractivity contribution in [1.29, 1.82) is 5.26 Å². The van der Waals surface area contributed by atoms with Gasteiger partial charge in [-0.2, -0.15) is 5.26 Å². The van der Waals surface area contributed by atoms with Gasteiger partial charge in [0.15, 0.2) is 0 Å². The summed E-state index contributed by atoms with van der Waals surface area (Å²) in [6.07, 6.45) is 5.86. The van der Waals surface area contributed by atoms with E-state index in [9.17, 15) is 9.59 Å². The smallest absolute Gasteiger partial charge is 0.305 e. The standard InChI is InChI=1S/C17H28N2O3S2/c1-14(13-18)7-8-17(21)22-11-10-19(2)16(20)6-4-3-5-15-9-12-23-24-15/h14-15H,3-12H2,1-2H3/t14?,15-/m1/s1. The van der Waals surface area contributed by atoms with Crippen molar-refractivity contribution in [2.45, 2.75) is 57.1 Å². The molecule has 1 saturated heterocycles. The topological polar surface area (TPSA) is 70.4 Å². The lowest BCUT2D eigenvalue weighted by Crippen LogP contribution is -2.30. The average Bonchev–Trinajstić information content (AvgIpc) is 3.09. The second-order valence-electron chi connectivity index (χ2n) is 6.18. The molecule has 1 unspecified atom stereocenters. The number of esters is 1. The van der Waals surface area contributed by atoms with Crippen LogP contribution in [0.4, 0.5) is 0 Å². The Bertz CT molecular complexity index is 434. The van der Waals surface area contributed by atoms with Gasteiger partial charge in [-0.1, -0.05) is 28.0 Å². The van der Waals surface area contributed by atoms with Gasteiger partial charge in [0.1, 0.15) is 6.61 Å². The van der Waals surface area contributed by atoms with Crippen LogP contribution in [0.25, 0.3) is 0 Å². The van der Waals surface area contributed by atoms with E-state index in [4.69, 9.17) is 10.00 Å². The summed E-state index contributed by atoms with van der Waals surface area (Å²) in [5.74, 6) is 0.927. The summed E-state index contributed by atoms with van der Waals surface area (Å²) in [7, 11) is 5.68. The third kappa shape index (κ3) is 9.43. The maximum absolute atomic E-state index is 12.0. The molecular formula is C17H28N2O3S2. The van der Waals surface area contributed by atoms with Crippen LogP contribution in [0.1, 0.15) is 51.9 Å². The van der Waals surface area contributed by atoms with Crippen LogP contribution in [0.15, 0.2) is 0 Å². The first-order chi connectivity index (χ1) is 11.5. The highest BCUT2D eigenvalue weighted by atomic mass is 33.1. The Morgan fingerprint density at radius 3 is 2.83 bits per heavy atom. The van der Waals surface area contributed by atoms with Gasteiger partial charge >= 0.3 is 5.97 Å². The summed E-state index contributed by atoms with van der Waals surface area (Å²) >= 11 is 0. The lowest BCUT2D eigenvalue weighted by Gasteiger charge is -2.17. The van der Waals surface area contributed by atoms with Crippen molar-refractivity contribution in [2.24, 2.45) is 5.92 Å². The molecule has 24 heavy (non-hydrogen) atoms. The normalized spacial score (nSPS) is 18.0. The molecule has 0 bridgehead atoms. The zero-order valence-corrected chi connectivity index (χ0v) is 16.3. The van der Waals surface area contributed by atoms with E-state index in [-0.39, 0.29) is 30.8 Å². The van der Waals surface area contributed by atoms with Crippen LogP contribution in [0, 0.1) is 17.2 Å². The highest BCUT2D eigenvalue weighted by molar-refractivity contribution is 8.77. The third-order valence-corrected chi connectivity index (χ3v) is 7.02. The minimum absolute atomic E-state index is 0.109. The van der Waals surface area contributed by atoms with Gasteiger partial charge < -0.3 is 9.64 Å². The molecule has 136 valence electrons. The summed E-state index contributed by atoms with van der Waals surface area (Å²) in [4.78, 5) is 25.2. The maximum Gasteiger partial charge on any atom is 0.305 e. The molecule has 1 fully saturated rings. The summed E-state index contributed by atoms with van der Waals surface area (Å²) in [6, 6.07) is 2.09. The SMILES string of the molecule is CC(C#N)CCC(=O)OCCN(C)C(=O)CCCC[C@@H]1CCSS1. The fourth-order valence-corrected chi connectivity index (χ4v) is 5.32. The lowest BCUT2D eigenvalue weighted by molar-refractivity contribution is -0.145. The van der Waals surface area contributed by atoms with Crippen molar-refractivity contribution >= 4 is 33.5 Å². The number of hydrogen-bond donors (Lipinski definition) is 0. The monoisotopic (exact) mass is 372 g/mol. The number of rotatable bonds is 11. The molecule has 7 heteroatoms. The Kier molecular flexibility index (Phi) is 11.0. The molecule has 0 saturated carbocycles. The van der Waals surface area contributed by atoms with Gasteiger partial charge in [0.25, 0.3) is 0 Å². The molecule has 1 amide bonds. The number of carbonyl (C=O) groups excluding carboxylic acids is 2. The van der Waals surface area contributed by atoms with E-state index >= 15 is 0 Å². The molecule has 0 aliphatic carbocycles. The Morgan fingerprint density at radius 1 is 1.38 bits per heavy atom. The molecule has 5 nitrogen and oxygen atoms in total. The molecule has 2 atom stereocenters. The molecule has 1 heterocycles. The number of nitrogens with zero attached hydrogens (tertiary/aromatic N) is 2. The largest absolute Gasteiger partial charge is 0.464 e. The molecular weight excluding hydrogens is 344 g/mol. The Balaban J connectivity index is 2.02. The first-order valence-corrected chi connectivity index (χ1v) is 11.0. The number of nitriles is 1. The number of carbonyl (C=O) groups is 2. The number of ether oxygens (including phenoxy) is 1. The first-order valence-electron chi connectivity index (χ1n) is 8.60. The molecule has 0 aromatic heterocycles. The molecule has 1 aliphatic rings. The lowest BCUT2D eigenvalue weighted by atomic mass is 10.1. The van der Waals surface area contributed by atoms with Gasteiger partial charge in [-0.15, -0.1) is 0 Å². The van der Waals surface area contributed by atoms with Gasteiger partial charge in [-0.25, -0.2) is 0 Å².